The number of nitrogens with one attached hydrogen (secondary N) is 3. The quantitative estimate of drug-likeness (QED) is 0.392. The smallest absolute Gasteiger partial charge is 0.310 e. The van der Waals surface area contributed by atoms with E-state index in [4.69, 9.17) is 0 Å². The minimum atomic E-state index is -0.712. The minimum Gasteiger partial charge on any atom is -0.310 e. The Morgan fingerprint density at radius 2 is 1.71 bits per heavy atom. The number of nitro benzene ring substituents is 1. The summed E-state index contributed by atoms with van der Waals surface area (Å²) >= 11 is 1.22. The second-order valence-electron chi connectivity index (χ2n) is 5.02. The first-order valence-corrected chi connectivity index (χ1v) is 8.30. The third kappa shape index (κ3) is 4.13. The van der Waals surface area contributed by atoms with Crippen LogP contribution in [0.25, 0.3) is 0 Å². The Morgan fingerprint density at radius 3 is 2.32 bits per heavy atom. The number of hydrazine groups is 1. The van der Waals surface area contributed by atoms with Crippen LogP contribution in [0.2, 0.25) is 0 Å². The zero-order chi connectivity index (χ0) is 20.1. The Labute approximate surface area is 159 Å². The van der Waals surface area contributed by atoms with Crippen molar-refractivity contribution >= 4 is 45.4 Å². The van der Waals surface area contributed by atoms with Crippen LogP contribution >= 0.6 is 11.3 Å². The first-order chi connectivity index (χ1) is 13.5. The lowest BCUT2D eigenvalue weighted by atomic mass is 10.2. The van der Waals surface area contributed by atoms with Gasteiger partial charge in [0.2, 0.25) is 11.6 Å². The summed E-state index contributed by atoms with van der Waals surface area (Å²) in [5, 5.41) is 26.9. The predicted molar refractivity (Wildman–Crippen MR) is 98.3 cm³/mol. The molecule has 0 aliphatic heterocycles. The Kier molecular flexibility index (Phi) is 5.31. The molecular formula is C14H10N8O5S. The second kappa shape index (κ2) is 8.00. The van der Waals surface area contributed by atoms with Crippen molar-refractivity contribution in [2.45, 2.75) is 0 Å². The van der Waals surface area contributed by atoms with Gasteiger partial charge in [-0.25, -0.2) is 15.0 Å². The van der Waals surface area contributed by atoms with Crippen LogP contribution in [0.1, 0.15) is 10.4 Å². The SMILES string of the molecule is O=C(NNc1ncnc(Nc2nccs2)c1[N+](=O)[O-])c1ccc([N+](=O)[O-])cc1. The van der Waals surface area contributed by atoms with E-state index in [2.05, 4.69) is 31.1 Å². The molecule has 2 heterocycles. The summed E-state index contributed by atoms with van der Waals surface area (Å²) in [5.41, 5.74) is 4.05. The van der Waals surface area contributed by atoms with E-state index < -0.39 is 21.4 Å². The number of anilines is 3. The Balaban J connectivity index is 1.77. The van der Waals surface area contributed by atoms with Crippen molar-refractivity contribution in [3.05, 3.63) is 68.0 Å². The highest BCUT2D eigenvalue weighted by Gasteiger charge is 2.24. The van der Waals surface area contributed by atoms with Crippen LogP contribution in [0, 0.1) is 20.2 Å². The zero-order valence-corrected chi connectivity index (χ0v) is 14.5. The lowest BCUT2D eigenvalue weighted by Crippen LogP contribution is -2.30. The summed E-state index contributed by atoms with van der Waals surface area (Å²) in [6, 6.07) is 4.83. The van der Waals surface area contributed by atoms with Gasteiger partial charge in [-0.15, -0.1) is 11.3 Å². The van der Waals surface area contributed by atoms with Crippen LogP contribution in [0.3, 0.4) is 0 Å². The largest absolute Gasteiger partial charge is 0.355 e. The Morgan fingerprint density at radius 1 is 1.00 bits per heavy atom. The number of non-ortho nitro benzene ring substituents is 1. The maximum absolute atomic E-state index is 12.1. The summed E-state index contributed by atoms with van der Waals surface area (Å²) in [5.74, 6) is -1.03. The average Bonchev–Trinajstić information content (AvgIpc) is 3.19. The van der Waals surface area contributed by atoms with Gasteiger partial charge in [-0.3, -0.25) is 35.9 Å². The fourth-order valence-electron chi connectivity index (χ4n) is 2.04. The molecule has 0 saturated carbocycles. The number of hydrogen-bond acceptors (Lipinski definition) is 11. The molecule has 0 radical (unpaired) electrons. The van der Waals surface area contributed by atoms with Gasteiger partial charge in [-0.2, -0.15) is 0 Å². The van der Waals surface area contributed by atoms with Crippen molar-refractivity contribution < 1.29 is 14.6 Å². The number of nitro groups is 2. The summed E-state index contributed by atoms with van der Waals surface area (Å²) in [4.78, 5) is 44.5. The fraction of sp³-hybridized carbons (Fsp3) is 0. The average molecular weight is 402 g/mol. The molecule has 28 heavy (non-hydrogen) atoms. The van der Waals surface area contributed by atoms with Gasteiger partial charge >= 0.3 is 5.69 Å². The molecule has 3 aromatic rings. The Hall–Kier alpha value is -4.20. The maximum Gasteiger partial charge on any atom is 0.355 e. The minimum absolute atomic E-state index is 0.107. The lowest BCUT2D eigenvalue weighted by molar-refractivity contribution is -0.384. The lowest BCUT2D eigenvalue weighted by Gasteiger charge is -2.10. The fourth-order valence-corrected chi connectivity index (χ4v) is 2.57. The molecule has 1 amide bonds. The van der Waals surface area contributed by atoms with E-state index in [-0.39, 0.29) is 22.9 Å². The maximum atomic E-state index is 12.1. The molecule has 0 saturated heterocycles. The van der Waals surface area contributed by atoms with Crippen molar-refractivity contribution in [3.8, 4) is 0 Å². The molecule has 0 atom stereocenters. The van der Waals surface area contributed by atoms with Crippen LogP contribution in [0.4, 0.5) is 28.1 Å². The third-order valence-electron chi connectivity index (χ3n) is 3.30. The molecule has 3 N–H and O–H groups in total. The van der Waals surface area contributed by atoms with Crippen molar-refractivity contribution in [2.75, 3.05) is 10.7 Å². The third-order valence-corrected chi connectivity index (χ3v) is 3.99. The standard InChI is InChI=1S/C14H10N8O5S/c23-13(8-1-3-9(4-2-8)21(24)25)20-19-12-10(22(26)27)11(16-7-17-12)18-14-15-5-6-28-14/h1-7H,(H,20,23)(H2,15,16,17,18,19). The van der Waals surface area contributed by atoms with Crippen molar-refractivity contribution in [2.24, 2.45) is 0 Å². The van der Waals surface area contributed by atoms with Gasteiger partial charge in [0.05, 0.1) is 9.85 Å². The van der Waals surface area contributed by atoms with Gasteiger partial charge in [0, 0.05) is 29.3 Å². The summed E-state index contributed by atoms with van der Waals surface area (Å²) in [7, 11) is 0. The molecule has 0 aliphatic rings. The summed E-state index contributed by atoms with van der Waals surface area (Å²) in [6.07, 6.45) is 2.59. The highest BCUT2D eigenvalue weighted by Crippen LogP contribution is 2.31. The molecule has 13 nitrogen and oxygen atoms in total. The number of hydrogen-bond donors (Lipinski definition) is 3. The van der Waals surface area contributed by atoms with Gasteiger partial charge in [-0.1, -0.05) is 0 Å². The Bertz CT molecular complexity index is 1020. The number of benzene rings is 1. The number of aromatic nitrogens is 3. The zero-order valence-electron chi connectivity index (χ0n) is 13.7. The molecule has 3 rings (SSSR count). The number of carbonyl (C=O) groups excluding carboxylic acids is 1. The first-order valence-electron chi connectivity index (χ1n) is 7.42. The van der Waals surface area contributed by atoms with E-state index in [1.165, 1.54) is 29.7 Å². The van der Waals surface area contributed by atoms with Gasteiger partial charge in [0.25, 0.3) is 11.6 Å². The van der Waals surface area contributed by atoms with Gasteiger partial charge in [-0.05, 0) is 12.1 Å². The number of amides is 1. The van der Waals surface area contributed by atoms with Crippen molar-refractivity contribution in [1.82, 2.24) is 20.4 Å². The van der Waals surface area contributed by atoms with E-state index >= 15 is 0 Å². The summed E-state index contributed by atoms with van der Waals surface area (Å²) < 4.78 is 0. The molecule has 0 bridgehead atoms. The first kappa shape index (κ1) is 18.6. The molecule has 1 aromatic carbocycles. The molecular weight excluding hydrogens is 392 g/mol. The van der Waals surface area contributed by atoms with Crippen molar-refractivity contribution in [3.63, 3.8) is 0 Å². The highest BCUT2D eigenvalue weighted by atomic mass is 32.1. The molecule has 2 aromatic heterocycles. The van der Waals surface area contributed by atoms with Crippen LogP contribution < -0.4 is 16.2 Å². The molecule has 14 heteroatoms. The van der Waals surface area contributed by atoms with Crippen LogP contribution in [-0.4, -0.2) is 30.7 Å². The van der Waals surface area contributed by atoms with Gasteiger partial charge in [0.1, 0.15) is 6.33 Å². The number of carbonyl (C=O) groups is 1. The predicted octanol–water partition coefficient (Wildman–Crippen LogP) is 2.25. The summed E-state index contributed by atoms with van der Waals surface area (Å²) in [6.45, 7) is 0. The highest BCUT2D eigenvalue weighted by molar-refractivity contribution is 7.13. The number of thiazole rings is 1. The van der Waals surface area contributed by atoms with E-state index in [1.54, 1.807) is 5.38 Å². The van der Waals surface area contributed by atoms with Crippen LogP contribution in [-0.2, 0) is 0 Å². The number of nitrogens with zero attached hydrogens (tertiary/aromatic N) is 5. The van der Waals surface area contributed by atoms with E-state index in [9.17, 15) is 25.0 Å². The van der Waals surface area contributed by atoms with Crippen LogP contribution in [0.5, 0.6) is 0 Å². The monoisotopic (exact) mass is 402 g/mol. The van der Waals surface area contributed by atoms with Gasteiger partial charge < -0.3 is 5.32 Å². The molecule has 0 unspecified atom stereocenters. The van der Waals surface area contributed by atoms with Crippen molar-refractivity contribution in [1.29, 1.82) is 0 Å². The molecule has 0 spiro atoms. The number of rotatable bonds is 7. The normalized spacial score (nSPS) is 10.1. The van der Waals surface area contributed by atoms with E-state index in [0.717, 1.165) is 18.5 Å². The second-order valence-corrected chi connectivity index (χ2v) is 5.92. The molecule has 0 fully saturated rings. The topological polar surface area (TPSA) is 178 Å². The van der Waals surface area contributed by atoms with Gasteiger partial charge in [0.15, 0.2) is 5.13 Å². The van der Waals surface area contributed by atoms with E-state index in [0.29, 0.717) is 5.13 Å². The van der Waals surface area contributed by atoms with Crippen LogP contribution in [0.15, 0.2) is 42.2 Å². The molecule has 142 valence electrons. The molecule has 0 aliphatic carbocycles. The van der Waals surface area contributed by atoms with E-state index in [1.807, 2.05) is 0 Å².